The van der Waals surface area contributed by atoms with Crippen LogP contribution < -0.4 is 15.5 Å². The Hall–Kier alpha value is -3.71. The Morgan fingerprint density at radius 3 is 2.69 bits per heavy atom. The van der Waals surface area contributed by atoms with Gasteiger partial charge in [-0.3, -0.25) is 0 Å². The van der Waals surface area contributed by atoms with Crippen molar-refractivity contribution in [3.8, 4) is 0 Å². The molecule has 0 bridgehead atoms. The molecule has 13 heteroatoms. The van der Waals surface area contributed by atoms with E-state index in [0.29, 0.717) is 55.8 Å². The molecular weight excluding hydrogens is 471 g/mol. The van der Waals surface area contributed by atoms with Gasteiger partial charge < -0.3 is 24.8 Å². The van der Waals surface area contributed by atoms with Crippen molar-refractivity contribution in [1.82, 2.24) is 34.5 Å². The molecule has 5 heterocycles. The van der Waals surface area contributed by atoms with Gasteiger partial charge in [-0.1, -0.05) is 0 Å². The molecule has 35 heavy (non-hydrogen) atoms. The van der Waals surface area contributed by atoms with Crippen molar-refractivity contribution in [1.29, 1.82) is 0 Å². The van der Waals surface area contributed by atoms with E-state index in [4.69, 9.17) is 4.74 Å². The summed E-state index contributed by atoms with van der Waals surface area (Å²) in [6, 6.07) is 1.78. The van der Waals surface area contributed by atoms with E-state index in [2.05, 4.69) is 57.4 Å². The first-order valence-corrected chi connectivity index (χ1v) is 12.2. The molecule has 1 fully saturated rings. The van der Waals surface area contributed by atoms with Gasteiger partial charge in [-0.25, -0.2) is 19.3 Å². The van der Waals surface area contributed by atoms with Crippen LogP contribution in [0, 0.1) is 5.82 Å². The molecule has 0 unspecified atom stereocenters. The number of ether oxygens (including phenoxy) is 1. The van der Waals surface area contributed by atoms with Gasteiger partial charge in [0.2, 0.25) is 17.8 Å². The van der Waals surface area contributed by atoms with Crippen LogP contribution >= 0.6 is 11.3 Å². The monoisotopic (exact) mass is 496 g/mol. The molecule has 11 nitrogen and oxygen atoms in total. The minimum atomic E-state index is -0.489. The van der Waals surface area contributed by atoms with Crippen LogP contribution in [0.4, 0.5) is 28.1 Å². The molecule has 0 aromatic carbocycles. The second-order valence-electron chi connectivity index (χ2n) is 8.01. The maximum absolute atomic E-state index is 13.2. The maximum Gasteiger partial charge on any atom is 0.235 e. The van der Waals surface area contributed by atoms with E-state index in [-0.39, 0.29) is 6.04 Å². The van der Waals surface area contributed by atoms with Gasteiger partial charge in [0.15, 0.2) is 11.6 Å². The molecule has 1 atom stereocenters. The average molecular weight is 497 g/mol. The van der Waals surface area contributed by atoms with Gasteiger partial charge in [0.25, 0.3) is 0 Å². The van der Waals surface area contributed by atoms with Gasteiger partial charge in [0.05, 0.1) is 38.0 Å². The lowest BCUT2D eigenvalue weighted by molar-refractivity contribution is 0.122. The molecule has 1 saturated heterocycles. The first-order chi connectivity index (χ1) is 17.1. The summed E-state index contributed by atoms with van der Waals surface area (Å²) in [5.74, 6) is 1.81. The fourth-order valence-electron chi connectivity index (χ4n) is 3.55. The summed E-state index contributed by atoms with van der Waals surface area (Å²) in [4.78, 5) is 28.3. The highest BCUT2D eigenvalue weighted by Gasteiger charge is 2.19. The van der Waals surface area contributed by atoms with Crippen molar-refractivity contribution >= 4 is 35.0 Å². The van der Waals surface area contributed by atoms with Crippen molar-refractivity contribution < 1.29 is 9.13 Å². The van der Waals surface area contributed by atoms with Crippen LogP contribution in [0.1, 0.15) is 24.4 Å². The molecule has 2 N–H and O–H groups in total. The lowest BCUT2D eigenvalue weighted by atomic mass is 10.2. The van der Waals surface area contributed by atoms with Crippen molar-refractivity contribution in [2.24, 2.45) is 0 Å². The number of nitrogens with zero attached hydrogens (tertiary/aromatic N) is 8. The van der Waals surface area contributed by atoms with Crippen molar-refractivity contribution in [2.75, 3.05) is 41.8 Å². The first kappa shape index (κ1) is 23.1. The maximum atomic E-state index is 13.2. The number of anilines is 4. The molecule has 0 spiro atoms. The van der Waals surface area contributed by atoms with Gasteiger partial charge in [-0.2, -0.15) is 26.3 Å². The molecule has 5 rings (SSSR count). The van der Waals surface area contributed by atoms with Crippen LogP contribution in [-0.4, -0.2) is 60.8 Å². The summed E-state index contributed by atoms with van der Waals surface area (Å²) in [6.07, 6.45) is 6.91. The first-order valence-electron chi connectivity index (χ1n) is 11.2. The standard InChI is InChI=1S/C22H25FN10OS/c1-15(19-24-10-17(23)11-25-19)27-20-29-21(31-22(30-20)33-5-7-34-8-6-33)28-18-12-32(14-26-18)4-2-16-3-9-35-13-16/h3,9-15H,2,4-8H2,1H3,(H2,27,28,29,30,31)/t15-/m0/s1. The van der Waals surface area contributed by atoms with E-state index >= 15 is 0 Å². The predicted molar refractivity (Wildman–Crippen MR) is 130 cm³/mol. The molecular formula is C22H25FN10OS. The summed E-state index contributed by atoms with van der Waals surface area (Å²) in [5.41, 5.74) is 1.31. The van der Waals surface area contributed by atoms with Crippen LogP contribution in [0.3, 0.4) is 0 Å². The molecule has 1 aliphatic heterocycles. The normalized spacial score (nSPS) is 14.6. The third kappa shape index (κ3) is 6.05. The van der Waals surface area contributed by atoms with Crippen molar-refractivity contribution in [3.63, 3.8) is 0 Å². The quantitative estimate of drug-likeness (QED) is 0.358. The van der Waals surface area contributed by atoms with E-state index in [1.54, 1.807) is 17.7 Å². The van der Waals surface area contributed by atoms with E-state index in [9.17, 15) is 4.39 Å². The van der Waals surface area contributed by atoms with Crippen LogP contribution in [0.2, 0.25) is 0 Å². The number of hydrogen-bond donors (Lipinski definition) is 2. The second-order valence-corrected chi connectivity index (χ2v) is 8.79. The molecule has 4 aromatic heterocycles. The topological polar surface area (TPSA) is 119 Å². The second kappa shape index (κ2) is 10.7. The minimum Gasteiger partial charge on any atom is -0.378 e. The Kier molecular flexibility index (Phi) is 7.04. The number of morpholine rings is 1. The van der Waals surface area contributed by atoms with Gasteiger partial charge in [-0.15, -0.1) is 0 Å². The fourth-order valence-corrected chi connectivity index (χ4v) is 4.25. The van der Waals surface area contributed by atoms with E-state index in [0.717, 1.165) is 25.4 Å². The van der Waals surface area contributed by atoms with Crippen LogP contribution in [-0.2, 0) is 17.7 Å². The van der Waals surface area contributed by atoms with Gasteiger partial charge >= 0.3 is 0 Å². The van der Waals surface area contributed by atoms with E-state index < -0.39 is 5.82 Å². The van der Waals surface area contributed by atoms with Gasteiger partial charge in [0.1, 0.15) is 5.82 Å². The summed E-state index contributed by atoms with van der Waals surface area (Å²) in [5, 5.41) is 10.6. The van der Waals surface area contributed by atoms with Crippen LogP contribution in [0.5, 0.6) is 0 Å². The number of halogens is 1. The highest BCUT2D eigenvalue weighted by atomic mass is 32.1. The Morgan fingerprint density at radius 2 is 1.91 bits per heavy atom. The zero-order valence-corrected chi connectivity index (χ0v) is 20.0. The average Bonchev–Trinajstić information content (AvgIpc) is 3.56. The van der Waals surface area contributed by atoms with E-state index in [1.807, 2.05) is 22.6 Å². The number of hydrogen-bond acceptors (Lipinski definition) is 11. The number of rotatable bonds is 9. The van der Waals surface area contributed by atoms with Crippen molar-refractivity contribution in [3.05, 3.63) is 58.9 Å². The summed E-state index contributed by atoms with van der Waals surface area (Å²) in [6.45, 7) is 5.24. The molecule has 0 amide bonds. The Labute approximate surface area is 205 Å². The third-order valence-corrected chi connectivity index (χ3v) is 6.13. The zero-order valence-electron chi connectivity index (χ0n) is 19.1. The van der Waals surface area contributed by atoms with Gasteiger partial charge in [0, 0.05) is 25.8 Å². The summed E-state index contributed by atoms with van der Waals surface area (Å²) < 4.78 is 20.7. The predicted octanol–water partition coefficient (Wildman–Crippen LogP) is 3.05. The molecule has 1 aliphatic rings. The lowest BCUT2D eigenvalue weighted by Gasteiger charge is -2.27. The fraction of sp³-hybridized carbons (Fsp3) is 0.364. The summed E-state index contributed by atoms with van der Waals surface area (Å²) >= 11 is 1.70. The Bertz CT molecular complexity index is 1230. The number of aromatic nitrogens is 7. The largest absolute Gasteiger partial charge is 0.378 e. The Balaban J connectivity index is 1.33. The van der Waals surface area contributed by atoms with Gasteiger partial charge in [-0.05, 0) is 35.7 Å². The lowest BCUT2D eigenvalue weighted by Crippen LogP contribution is -2.37. The molecule has 0 saturated carbocycles. The number of thiophene rings is 1. The third-order valence-electron chi connectivity index (χ3n) is 5.40. The minimum absolute atomic E-state index is 0.347. The highest BCUT2D eigenvalue weighted by molar-refractivity contribution is 7.07. The number of aryl methyl sites for hydroxylation is 2. The van der Waals surface area contributed by atoms with Crippen LogP contribution in [0.15, 0.2) is 41.7 Å². The SMILES string of the molecule is C[C@H](Nc1nc(Nc2cn(CCc3ccsc3)cn2)nc(N2CCOCC2)n1)c1ncc(F)cn1. The molecule has 182 valence electrons. The smallest absolute Gasteiger partial charge is 0.235 e. The highest BCUT2D eigenvalue weighted by Crippen LogP contribution is 2.20. The van der Waals surface area contributed by atoms with Crippen molar-refractivity contribution in [2.45, 2.75) is 25.9 Å². The molecule has 4 aromatic rings. The number of nitrogens with one attached hydrogen (secondary N) is 2. The summed E-state index contributed by atoms with van der Waals surface area (Å²) in [7, 11) is 0. The number of imidazole rings is 1. The molecule has 0 aliphatic carbocycles. The zero-order chi connectivity index (χ0) is 24.0. The van der Waals surface area contributed by atoms with E-state index in [1.165, 1.54) is 5.56 Å². The van der Waals surface area contributed by atoms with Crippen LogP contribution in [0.25, 0.3) is 0 Å². The Morgan fingerprint density at radius 1 is 1.11 bits per heavy atom. The molecule has 0 radical (unpaired) electrons.